The molecule has 0 atom stereocenters. The Hall–Kier alpha value is -3.49. The van der Waals surface area contributed by atoms with E-state index in [1.54, 1.807) is 4.57 Å². The zero-order valence-corrected chi connectivity index (χ0v) is 16.2. The van der Waals surface area contributed by atoms with Crippen molar-refractivity contribution in [2.45, 2.75) is 32.5 Å². The molecule has 9 heteroatoms. The van der Waals surface area contributed by atoms with Gasteiger partial charge in [-0.25, -0.2) is 4.98 Å². The van der Waals surface area contributed by atoms with Crippen LogP contribution in [0.3, 0.4) is 0 Å². The molecule has 0 radical (unpaired) electrons. The van der Waals surface area contributed by atoms with Crippen molar-refractivity contribution in [3.8, 4) is 22.5 Å². The summed E-state index contributed by atoms with van der Waals surface area (Å²) in [6.45, 7) is 2.24. The third kappa shape index (κ3) is 4.10. The molecule has 0 saturated heterocycles. The number of nitrogens with one attached hydrogen (secondary N) is 1. The van der Waals surface area contributed by atoms with E-state index in [4.69, 9.17) is 0 Å². The van der Waals surface area contributed by atoms with Crippen molar-refractivity contribution in [1.29, 1.82) is 0 Å². The van der Waals surface area contributed by atoms with Crippen LogP contribution in [0.4, 0.5) is 13.2 Å². The van der Waals surface area contributed by atoms with Crippen LogP contribution in [-0.2, 0) is 19.1 Å². The van der Waals surface area contributed by atoms with E-state index in [1.165, 1.54) is 0 Å². The van der Waals surface area contributed by atoms with Crippen LogP contribution in [0.5, 0.6) is 0 Å². The number of alkyl halides is 3. The number of aromatic nitrogens is 6. The Balaban J connectivity index is 1.61. The van der Waals surface area contributed by atoms with Gasteiger partial charge in [-0.05, 0) is 28.3 Å². The first-order valence-corrected chi connectivity index (χ1v) is 9.51. The number of hydrogen-bond acceptors (Lipinski definition) is 4. The molecule has 0 aliphatic rings. The van der Waals surface area contributed by atoms with E-state index in [1.807, 2.05) is 55.5 Å². The Morgan fingerprint density at radius 3 is 2.37 bits per heavy atom. The summed E-state index contributed by atoms with van der Waals surface area (Å²) in [4.78, 5) is 3.79. The highest BCUT2D eigenvalue weighted by Crippen LogP contribution is 2.31. The van der Waals surface area contributed by atoms with E-state index >= 15 is 0 Å². The minimum Gasteiger partial charge on any atom is -0.330 e. The topological polar surface area (TPSA) is 72.3 Å². The fourth-order valence-corrected chi connectivity index (χ4v) is 3.34. The van der Waals surface area contributed by atoms with Crippen molar-refractivity contribution in [3.63, 3.8) is 0 Å². The Labute approximate surface area is 170 Å². The molecule has 4 aromatic rings. The quantitative estimate of drug-likeness (QED) is 0.496. The van der Waals surface area contributed by atoms with Gasteiger partial charge in [-0.1, -0.05) is 55.5 Å². The number of benzene rings is 2. The molecule has 30 heavy (non-hydrogen) atoms. The van der Waals surface area contributed by atoms with Crippen LogP contribution in [0.1, 0.15) is 30.4 Å². The maximum Gasteiger partial charge on any atom is 0.434 e. The first-order valence-electron chi connectivity index (χ1n) is 9.51. The Bertz CT molecular complexity index is 1110. The number of halogens is 3. The average Bonchev–Trinajstić information content (AvgIpc) is 3.39. The lowest BCUT2D eigenvalue weighted by molar-refractivity contribution is -0.141. The van der Waals surface area contributed by atoms with Gasteiger partial charge in [0.15, 0.2) is 5.69 Å². The maximum atomic E-state index is 13.1. The summed E-state index contributed by atoms with van der Waals surface area (Å²) in [7, 11) is 0. The molecule has 0 aliphatic carbocycles. The van der Waals surface area contributed by atoms with Crippen molar-refractivity contribution < 1.29 is 13.2 Å². The highest BCUT2D eigenvalue weighted by molar-refractivity contribution is 5.80. The molecule has 0 bridgehead atoms. The molecule has 6 nitrogen and oxygen atoms in total. The summed E-state index contributed by atoms with van der Waals surface area (Å²) in [6, 6.07) is 15.4. The molecule has 4 rings (SSSR count). The van der Waals surface area contributed by atoms with Crippen LogP contribution in [0.25, 0.3) is 22.5 Å². The molecule has 0 unspecified atom stereocenters. The summed E-state index contributed by atoms with van der Waals surface area (Å²) >= 11 is 0. The van der Waals surface area contributed by atoms with E-state index in [0.29, 0.717) is 24.6 Å². The highest BCUT2D eigenvalue weighted by Gasteiger charge is 2.34. The van der Waals surface area contributed by atoms with Crippen molar-refractivity contribution in [2.75, 3.05) is 0 Å². The number of H-pyrrole nitrogens is 1. The van der Waals surface area contributed by atoms with E-state index < -0.39 is 11.9 Å². The predicted molar refractivity (Wildman–Crippen MR) is 105 cm³/mol. The lowest BCUT2D eigenvalue weighted by Crippen LogP contribution is -2.05. The first kappa shape index (κ1) is 19.8. The zero-order chi connectivity index (χ0) is 21.1. The van der Waals surface area contributed by atoms with Gasteiger partial charge in [0.2, 0.25) is 5.82 Å². The second-order valence-corrected chi connectivity index (χ2v) is 6.90. The number of aryl methyl sites for hydroxylation is 1. The summed E-state index contributed by atoms with van der Waals surface area (Å²) in [5, 5.41) is 14.2. The maximum absolute atomic E-state index is 13.1. The Kier molecular flexibility index (Phi) is 5.35. The molecule has 0 saturated carbocycles. The lowest BCUT2D eigenvalue weighted by atomic mass is 9.98. The third-order valence-electron chi connectivity index (χ3n) is 4.75. The van der Waals surface area contributed by atoms with Crippen LogP contribution >= 0.6 is 0 Å². The fraction of sp³-hybridized carbons (Fsp3) is 0.238. The van der Waals surface area contributed by atoms with Crippen LogP contribution in [0.2, 0.25) is 0 Å². The van der Waals surface area contributed by atoms with Gasteiger partial charge < -0.3 is 4.57 Å². The van der Waals surface area contributed by atoms with Gasteiger partial charge >= 0.3 is 6.18 Å². The van der Waals surface area contributed by atoms with Gasteiger partial charge in [0.25, 0.3) is 0 Å². The van der Waals surface area contributed by atoms with Gasteiger partial charge in [0.1, 0.15) is 5.82 Å². The number of imidazole rings is 1. The van der Waals surface area contributed by atoms with Gasteiger partial charge in [-0.3, -0.25) is 0 Å². The Morgan fingerprint density at radius 1 is 1.00 bits per heavy atom. The molecule has 2 aromatic heterocycles. The fourth-order valence-electron chi connectivity index (χ4n) is 3.34. The van der Waals surface area contributed by atoms with E-state index in [0.717, 1.165) is 34.9 Å². The summed E-state index contributed by atoms with van der Waals surface area (Å²) in [5.74, 6) is 0.938. The monoisotopic (exact) mass is 412 g/mol. The molecular formula is C21H19F3N6. The van der Waals surface area contributed by atoms with Crippen LogP contribution in [0.15, 0.2) is 54.7 Å². The van der Waals surface area contributed by atoms with Crippen molar-refractivity contribution in [3.05, 3.63) is 71.8 Å². The second kappa shape index (κ2) is 8.10. The van der Waals surface area contributed by atoms with Crippen LogP contribution < -0.4 is 0 Å². The van der Waals surface area contributed by atoms with Crippen molar-refractivity contribution in [2.24, 2.45) is 0 Å². The molecule has 0 spiro atoms. The Morgan fingerprint density at radius 2 is 1.73 bits per heavy atom. The van der Waals surface area contributed by atoms with Gasteiger partial charge in [-0.2, -0.15) is 18.4 Å². The normalized spacial score (nSPS) is 11.7. The summed E-state index contributed by atoms with van der Waals surface area (Å²) in [5.41, 5.74) is 2.78. The zero-order valence-electron chi connectivity index (χ0n) is 16.2. The standard InChI is InChI=1S/C21H19F3N6/c1-2-5-19-25-18(21(22,23)24)13-30(19)12-14-8-10-15(11-9-14)16-6-3-4-7-17(16)20-26-28-29-27-20/h3-4,6-11,13H,2,5,12H2,1H3,(H,26,27,28,29). The smallest absolute Gasteiger partial charge is 0.330 e. The predicted octanol–water partition coefficient (Wildman–Crippen LogP) is 4.75. The van der Waals surface area contributed by atoms with Crippen LogP contribution in [0, 0.1) is 0 Å². The minimum atomic E-state index is -4.45. The summed E-state index contributed by atoms with van der Waals surface area (Å²) in [6.07, 6.45) is -2.15. The number of nitrogens with zero attached hydrogens (tertiary/aromatic N) is 5. The second-order valence-electron chi connectivity index (χ2n) is 6.90. The number of hydrogen-bond donors (Lipinski definition) is 1. The molecular weight excluding hydrogens is 393 g/mol. The van der Waals surface area contributed by atoms with Crippen LogP contribution in [-0.4, -0.2) is 30.2 Å². The van der Waals surface area contributed by atoms with Gasteiger partial charge in [0, 0.05) is 24.7 Å². The molecule has 1 N–H and O–H groups in total. The SMILES string of the molecule is CCCc1nc(C(F)(F)F)cn1Cc1ccc(-c2ccccc2-c2nn[nH]n2)cc1. The molecule has 154 valence electrons. The average molecular weight is 412 g/mol. The van der Waals surface area contributed by atoms with E-state index in [9.17, 15) is 13.2 Å². The highest BCUT2D eigenvalue weighted by atomic mass is 19.4. The third-order valence-corrected chi connectivity index (χ3v) is 4.75. The number of tetrazole rings is 1. The molecule has 0 aliphatic heterocycles. The number of aromatic amines is 1. The largest absolute Gasteiger partial charge is 0.434 e. The van der Waals surface area contributed by atoms with E-state index in [-0.39, 0.29) is 0 Å². The first-order chi connectivity index (χ1) is 14.5. The molecule has 2 heterocycles. The lowest BCUT2D eigenvalue weighted by Gasteiger charge is -2.10. The molecule has 0 fully saturated rings. The van der Waals surface area contributed by atoms with Gasteiger partial charge in [-0.15, -0.1) is 10.2 Å². The van der Waals surface area contributed by atoms with Gasteiger partial charge in [0.05, 0.1) is 0 Å². The number of rotatable bonds is 6. The van der Waals surface area contributed by atoms with Crippen molar-refractivity contribution in [1.82, 2.24) is 30.2 Å². The molecule has 0 amide bonds. The van der Waals surface area contributed by atoms with E-state index in [2.05, 4.69) is 25.6 Å². The molecule has 2 aromatic carbocycles. The van der Waals surface area contributed by atoms with Crippen molar-refractivity contribution >= 4 is 0 Å². The minimum absolute atomic E-state index is 0.325. The summed E-state index contributed by atoms with van der Waals surface area (Å²) < 4.78 is 40.8.